The Bertz CT molecular complexity index is 559. The summed E-state index contributed by atoms with van der Waals surface area (Å²) in [5.41, 5.74) is 5.83. The van der Waals surface area contributed by atoms with Gasteiger partial charge in [-0.1, -0.05) is 12.1 Å². The highest BCUT2D eigenvalue weighted by molar-refractivity contribution is 7.88. The number of sulfonamides is 1. The summed E-state index contributed by atoms with van der Waals surface area (Å²) in [6.45, 7) is 3.65. The molecule has 1 aromatic carbocycles. The van der Waals surface area contributed by atoms with Crippen molar-refractivity contribution in [2.75, 3.05) is 6.54 Å². The Hall–Kier alpha value is -1.42. The van der Waals surface area contributed by atoms with Crippen LogP contribution in [0.15, 0.2) is 24.3 Å². The largest absolute Gasteiger partial charge is 0.329 e. The molecule has 3 N–H and O–H groups in total. The Morgan fingerprint density at radius 3 is 2.67 bits per heavy atom. The van der Waals surface area contributed by atoms with Crippen molar-refractivity contribution in [1.29, 1.82) is 5.26 Å². The highest BCUT2D eigenvalue weighted by atomic mass is 32.2. The smallest absolute Gasteiger partial charge is 0.216 e. The average Bonchev–Trinajstić information content (AvgIpc) is 2.27. The number of benzene rings is 1. The summed E-state index contributed by atoms with van der Waals surface area (Å²) in [5, 5.41) is 8.75. The fraction of sp³-hybridized carbons (Fsp3) is 0.417. The maximum absolute atomic E-state index is 11.9. The van der Waals surface area contributed by atoms with Crippen molar-refractivity contribution < 1.29 is 8.42 Å². The van der Waals surface area contributed by atoms with Crippen LogP contribution < -0.4 is 10.5 Å². The quantitative estimate of drug-likeness (QED) is 0.821. The van der Waals surface area contributed by atoms with Gasteiger partial charge in [-0.25, -0.2) is 13.1 Å². The lowest BCUT2D eigenvalue weighted by Gasteiger charge is -2.23. The van der Waals surface area contributed by atoms with Crippen LogP contribution in [-0.4, -0.2) is 20.5 Å². The molecule has 0 saturated carbocycles. The molecular formula is C12H17N3O2S. The lowest BCUT2D eigenvalue weighted by atomic mass is 10.1. The van der Waals surface area contributed by atoms with E-state index in [-0.39, 0.29) is 12.3 Å². The molecule has 0 bridgehead atoms. The van der Waals surface area contributed by atoms with Crippen LogP contribution in [0, 0.1) is 11.3 Å². The van der Waals surface area contributed by atoms with Gasteiger partial charge in [-0.3, -0.25) is 0 Å². The maximum atomic E-state index is 11.9. The van der Waals surface area contributed by atoms with Crippen molar-refractivity contribution in [3.8, 4) is 6.07 Å². The van der Waals surface area contributed by atoms with Crippen LogP contribution in [0.4, 0.5) is 0 Å². The number of hydrogen-bond acceptors (Lipinski definition) is 4. The van der Waals surface area contributed by atoms with Crippen LogP contribution >= 0.6 is 0 Å². The molecule has 98 valence electrons. The molecule has 0 aliphatic rings. The number of nitrogens with zero attached hydrogens (tertiary/aromatic N) is 1. The van der Waals surface area contributed by atoms with E-state index in [2.05, 4.69) is 4.72 Å². The molecule has 0 aliphatic heterocycles. The molecule has 0 spiro atoms. The molecule has 0 unspecified atom stereocenters. The van der Waals surface area contributed by atoms with Crippen LogP contribution in [0.25, 0.3) is 0 Å². The zero-order chi connectivity index (χ0) is 13.8. The number of hydrogen-bond donors (Lipinski definition) is 2. The van der Waals surface area contributed by atoms with Crippen LogP contribution in [0.3, 0.4) is 0 Å². The van der Waals surface area contributed by atoms with Crippen molar-refractivity contribution in [2.24, 2.45) is 5.73 Å². The molecule has 0 fully saturated rings. The normalized spacial score (nSPS) is 12.1. The molecule has 0 aliphatic carbocycles. The monoisotopic (exact) mass is 267 g/mol. The van der Waals surface area contributed by atoms with E-state index >= 15 is 0 Å². The SMILES string of the molecule is CC(C)(CN)NS(=O)(=O)Cc1cccc(C#N)c1. The van der Waals surface area contributed by atoms with Gasteiger partial charge in [-0.2, -0.15) is 5.26 Å². The van der Waals surface area contributed by atoms with Gasteiger partial charge in [0.05, 0.1) is 17.4 Å². The van der Waals surface area contributed by atoms with Gasteiger partial charge in [0.25, 0.3) is 0 Å². The summed E-state index contributed by atoms with van der Waals surface area (Å²) in [6.07, 6.45) is 0. The summed E-state index contributed by atoms with van der Waals surface area (Å²) in [5.74, 6) is -0.161. The number of nitrogens with one attached hydrogen (secondary N) is 1. The lowest BCUT2D eigenvalue weighted by Crippen LogP contribution is -2.49. The van der Waals surface area contributed by atoms with Crippen molar-refractivity contribution in [3.05, 3.63) is 35.4 Å². The third-order valence-electron chi connectivity index (χ3n) is 2.35. The van der Waals surface area contributed by atoms with Gasteiger partial charge in [-0.05, 0) is 31.5 Å². The second-order valence-electron chi connectivity index (χ2n) is 4.76. The topological polar surface area (TPSA) is 96.0 Å². The van der Waals surface area contributed by atoms with Gasteiger partial charge in [0.15, 0.2) is 0 Å². The van der Waals surface area contributed by atoms with Gasteiger partial charge in [-0.15, -0.1) is 0 Å². The van der Waals surface area contributed by atoms with Gasteiger partial charge in [0.1, 0.15) is 0 Å². The summed E-state index contributed by atoms with van der Waals surface area (Å²) in [7, 11) is -3.47. The van der Waals surface area contributed by atoms with Crippen LogP contribution in [0.1, 0.15) is 25.0 Å². The fourth-order valence-corrected chi connectivity index (χ4v) is 3.06. The van der Waals surface area contributed by atoms with E-state index in [1.165, 1.54) is 0 Å². The maximum Gasteiger partial charge on any atom is 0.216 e. The molecule has 0 aromatic heterocycles. The van der Waals surface area contributed by atoms with E-state index in [0.29, 0.717) is 11.1 Å². The minimum absolute atomic E-state index is 0.161. The average molecular weight is 267 g/mol. The molecule has 5 nitrogen and oxygen atoms in total. The highest BCUT2D eigenvalue weighted by Gasteiger charge is 2.23. The zero-order valence-electron chi connectivity index (χ0n) is 10.5. The molecule has 1 rings (SSSR count). The molecule has 18 heavy (non-hydrogen) atoms. The minimum atomic E-state index is -3.47. The van der Waals surface area contributed by atoms with Crippen molar-refractivity contribution >= 4 is 10.0 Å². The highest BCUT2D eigenvalue weighted by Crippen LogP contribution is 2.10. The van der Waals surface area contributed by atoms with Gasteiger partial charge >= 0.3 is 0 Å². The first-order valence-electron chi connectivity index (χ1n) is 5.49. The molecule has 0 heterocycles. The second kappa shape index (κ2) is 5.48. The first-order valence-corrected chi connectivity index (χ1v) is 7.14. The van der Waals surface area contributed by atoms with Crippen LogP contribution in [0.5, 0.6) is 0 Å². The zero-order valence-corrected chi connectivity index (χ0v) is 11.3. The Kier molecular flexibility index (Phi) is 4.46. The Morgan fingerprint density at radius 2 is 2.11 bits per heavy atom. The van der Waals surface area contributed by atoms with E-state index in [0.717, 1.165) is 0 Å². The summed E-state index contributed by atoms with van der Waals surface area (Å²) in [6, 6.07) is 8.51. The minimum Gasteiger partial charge on any atom is -0.329 e. The fourth-order valence-electron chi connectivity index (χ4n) is 1.45. The van der Waals surface area contributed by atoms with Crippen molar-refractivity contribution in [3.63, 3.8) is 0 Å². The first-order chi connectivity index (χ1) is 8.28. The van der Waals surface area contributed by atoms with Crippen molar-refractivity contribution in [1.82, 2.24) is 4.72 Å². The summed E-state index contributed by atoms with van der Waals surface area (Å²) < 4.78 is 26.4. The van der Waals surface area contributed by atoms with Gasteiger partial charge < -0.3 is 5.73 Å². The third kappa shape index (κ3) is 4.45. The van der Waals surface area contributed by atoms with E-state index in [9.17, 15) is 8.42 Å². The molecule has 0 amide bonds. The lowest BCUT2D eigenvalue weighted by molar-refractivity contribution is 0.462. The number of rotatable bonds is 5. The molecule has 1 aromatic rings. The molecule has 0 saturated heterocycles. The summed E-state index contributed by atoms with van der Waals surface area (Å²) in [4.78, 5) is 0. The molecular weight excluding hydrogens is 250 g/mol. The van der Waals surface area contributed by atoms with Gasteiger partial charge in [0, 0.05) is 12.1 Å². The summed E-state index contributed by atoms with van der Waals surface area (Å²) >= 11 is 0. The number of nitrogens with two attached hydrogens (primary N) is 1. The Balaban J connectivity index is 2.86. The second-order valence-corrected chi connectivity index (χ2v) is 6.48. The molecule has 6 heteroatoms. The van der Waals surface area contributed by atoms with Crippen LogP contribution in [-0.2, 0) is 15.8 Å². The predicted molar refractivity (Wildman–Crippen MR) is 70.0 cm³/mol. The predicted octanol–water partition coefficient (Wildman–Crippen LogP) is 0.715. The van der Waals surface area contributed by atoms with E-state index < -0.39 is 15.6 Å². The third-order valence-corrected chi connectivity index (χ3v) is 3.93. The van der Waals surface area contributed by atoms with Gasteiger partial charge in [0.2, 0.25) is 10.0 Å². The van der Waals surface area contributed by atoms with E-state index in [1.54, 1.807) is 38.1 Å². The van der Waals surface area contributed by atoms with Crippen molar-refractivity contribution in [2.45, 2.75) is 25.1 Å². The van der Waals surface area contributed by atoms with Crippen LogP contribution in [0.2, 0.25) is 0 Å². The van der Waals surface area contributed by atoms with E-state index in [4.69, 9.17) is 11.0 Å². The Morgan fingerprint density at radius 1 is 1.44 bits per heavy atom. The number of nitriles is 1. The standard InChI is InChI=1S/C12H17N3O2S/c1-12(2,9-14)15-18(16,17)8-11-5-3-4-10(6-11)7-13/h3-6,15H,8-9,14H2,1-2H3. The van der Waals surface area contributed by atoms with E-state index in [1.807, 2.05) is 6.07 Å². The first kappa shape index (κ1) is 14.6. The molecule has 0 radical (unpaired) electrons. The molecule has 0 atom stereocenters. The Labute approximate surface area is 108 Å².